The molecule has 2 unspecified atom stereocenters. The average Bonchev–Trinajstić information content (AvgIpc) is 2.10. The Balaban J connectivity index is 2.54. The Bertz CT molecular complexity index is 148. The topological polar surface area (TPSA) is 46.5 Å². The van der Waals surface area contributed by atoms with E-state index in [0.29, 0.717) is 0 Å². The second kappa shape index (κ2) is 2.91. The largest absolute Gasteiger partial charge is 0.479 e. The number of carboxylic acid groups (broad SMARTS) is 1. The molecule has 0 aromatic carbocycles. The Morgan fingerprint density at radius 3 is 2.60 bits per heavy atom. The van der Waals surface area contributed by atoms with E-state index >= 15 is 0 Å². The maximum atomic E-state index is 10.4. The van der Waals surface area contributed by atoms with Crippen molar-refractivity contribution in [2.75, 3.05) is 0 Å². The summed E-state index contributed by atoms with van der Waals surface area (Å²) in [6, 6.07) is 0. The first-order chi connectivity index (χ1) is 4.61. The molecule has 1 saturated heterocycles. The highest BCUT2D eigenvalue weighted by Gasteiger charge is 2.33. The van der Waals surface area contributed by atoms with Crippen molar-refractivity contribution >= 4 is 22.3 Å². The smallest absolute Gasteiger partial charge is 0.331 e. The van der Waals surface area contributed by atoms with Gasteiger partial charge in [-0.1, -0.05) is 4.78 Å². The summed E-state index contributed by atoms with van der Waals surface area (Å²) in [4.78, 5) is 10.4. The lowest BCUT2D eigenvalue weighted by atomic mass is 10.2. The molecule has 0 aliphatic carbocycles. The van der Waals surface area contributed by atoms with E-state index in [9.17, 15) is 4.79 Å². The van der Waals surface area contributed by atoms with E-state index in [4.69, 9.17) is 9.84 Å². The average molecular weight is 156 g/mol. The number of hydrogen-bond donors (Lipinski definition) is 1. The van der Waals surface area contributed by atoms with Gasteiger partial charge < -0.3 is 9.84 Å². The summed E-state index contributed by atoms with van der Waals surface area (Å²) < 4.78 is 5.19. The van der Waals surface area contributed by atoms with Crippen LogP contribution in [0, 0.1) is 0 Å². The van der Waals surface area contributed by atoms with Crippen LogP contribution >= 0.6 is 0 Å². The summed E-state index contributed by atoms with van der Waals surface area (Å²) >= 11 is 2.50. The predicted octanol–water partition coefficient (Wildman–Crippen LogP) is 0.205. The number of hydrogen-bond acceptors (Lipinski definition) is 2. The van der Waals surface area contributed by atoms with Gasteiger partial charge >= 0.3 is 5.97 Å². The second-order valence-corrected chi connectivity index (χ2v) is 3.46. The van der Waals surface area contributed by atoms with E-state index in [-0.39, 0.29) is 10.9 Å². The zero-order valence-electron chi connectivity index (χ0n) is 5.78. The van der Waals surface area contributed by atoms with E-state index in [1.54, 1.807) is 0 Å². The molecule has 54 valence electrons. The summed E-state index contributed by atoms with van der Waals surface area (Å²) in [5.41, 5.74) is 0. The molecule has 1 aliphatic heterocycles. The minimum Gasteiger partial charge on any atom is -0.479 e. The Morgan fingerprint density at radius 1 is 1.80 bits per heavy atom. The molecule has 1 fully saturated rings. The zero-order valence-corrected chi connectivity index (χ0v) is 6.93. The van der Waals surface area contributed by atoms with E-state index in [0.717, 1.165) is 6.42 Å². The monoisotopic (exact) mass is 156 g/mol. The first-order valence-electron chi connectivity index (χ1n) is 3.25. The minimum atomic E-state index is -0.857. The molecule has 2 radical (unpaired) electrons. The Morgan fingerprint density at radius 2 is 2.40 bits per heavy atom. The van der Waals surface area contributed by atoms with Crippen LogP contribution in [0.15, 0.2) is 0 Å². The second-order valence-electron chi connectivity index (χ2n) is 2.61. The van der Waals surface area contributed by atoms with Crippen LogP contribution in [0.4, 0.5) is 0 Å². The molecule has 0 spiro atoms. The van der Waals surface area contributed by atoms with Gasteiger partial charge in [0, 0.05) is 0 Å². The maximum absolute atomic E-state index is 10.4. The van der Waals surface area contributed by atoms with Gasteiger partial charge in [0.1, 0.15) is 22.4 Å². The van der Waals surface area contributed by atoms with E-state index < -0.39 is 12.1 Å². The molecular formula is C6H9AlO3. The molecule has 0 amide bonds. The van der Waals surface area contributed by atoms with Crippen molar-refractivity contribution in [2.24, 2.45) is 0 Å². The molecule has 4 heteroatoms. The molecule has 1 aliphatic rings. The van der Waals surface area contributed by atoms with Crippen LogP contribution < -0.4 is 0 Å². The first-order valence-corrected chi connectivity index (χ1v) is 3.91. The minimum absolute atomic E-state index is 0.0764. The van der Waals surface area contributed by atoms with Gasteiger partial charge in [0.05, 0.1) is 6.10 Å². The van der Waals surface area contributed by atoms with Gasteiger partial charge in [-0.05, 0) is 13.3 Å². The van der Waals surface area contributed by atoms with Gasteiger partial charge in [-0.2, -0.15) is 0 Å². The summed E-state index contributed by atoms with van der Waals surface area (Å²) in [6.07, 6.45) is 0.297. The van der Waals surface area contributed by atoms with Gasteiger partial charge in [0.15, 0.2) is 0 Å². The highest BCUT2D eigenvalue weighted by atomic mass is 27.0. The molecule has 0 saturated carbocycles. The van der Waals surface area contributed by atoms with E-state index in [1.165, 1.54) is 0 Å². The van der Waals surface area contributed by atoms with Gasteiger partial charge in [-0.25, -0.2) is 4.79 Å². The number of carbonyl (C=O) groups is 1. The Kier molecular flexibility index (Phi) is 2.35. The van der Waals surface area contributed by atoms with Crippen LogP contribution in [-0.4, -0.2) is 39.6 Å². The van der Waals surface area contributed by atoms with Crippen LogP contribution in [0.2, 0.25) is 4.78 Å². The van der Waals surface area contributed by atoms with Crippen molar-refractivity contribution in [1.29, 1.82) is 0 Å². The summed E-state index contributed by atoms with van der Waals surface area (Å²) in [5, 5.41) is 8.56. The normalized spacial score (nSPS) is 39.9. The Hall–Kier alpha value is -0.0375. The van der Waals surface area contributed by atoms with Crippen LogP contribution in [0.25, 0.3) is 0 Å². The molecule has 3 atom stereocenters. The standard InChI is InChI=1S/C6H9O3.Al/c1-4-2-3-5(9-4)6(7)8;/h3-5H,2H2,1H3,(H,7,8);. The fraction of sp³-hybridized carbons (Fsp3) is 0.833. The lowest BCUT2D eigenvalue weighted by molar-refractivity contribution is -0.148. The van der Waals surface area contributed by atoms with Crippen molar-refractivity contribution in [3.63, 3.8) is 0 Å². The molecule has 0 bridgehead atoms. The van der Waals surface area contributed by atoms with Gasteiger partial charge in [0.2, 0.25) is 0 Å². The first kappa shape index (κ1) is 8.06. The van der Waals surface area contributed by atoms with E-state index in [2.05, 4.69) is 16.3 Å². The van der Waals surface area contributed by atoms with Crippen LogP contribution in [-0.2, 0) is 9.53 Å². The van der Waals surface area contributed by atoms with Crippen molar-refractivity contribution < 1.29 is 14.6 Å². The lowest BCUT2D eigenvalue weighted by Crippen LogP contribution is -2.23. The van der Waals surface area contributed by atoms with Crippen molar-refractivity contribution in [3.8, 4) is 0 Å². The number of ether oxygens (including phenoxy) is 1. The quantitative estimate of drug-likeness (QED) is 0.552. The third kappa shape index (κ3) is 1.51. The third-order valence-electron chi connectivity index (χ3n) is 1.62. The van der Waals surface area contributed by atoms with Gasteiger partial charge in [-0.15, -0.1) is 0 Å². The zero-order chi connectivity index (χ0) is 7.72. The van der Waals surface area contributed by atoms with Crippen molar-refractivity contribution in [2.45, 2.75) is 30.3 Å². The SMILES string of the molecule is CC1C[C@@H]([Al])C(C(=O)O)O1. The molecule has 0 aromatic rings. The summed E-state index contributed by atoms with van der Waals surface area (Å²) in [5.74, 6) is -0.857. The van der Waals surface area contributed by atoms with Gasteiger partial charge in [0.25, 0.3) is 0 Å². The summed E-state index contributed by atoms with van der Waals surface area (Å²) in [6.45, 7) is 1.89. The molecular weight excluding hydrogens is 147 g/mol. The van der Waals surface area contributed by atoms with Crippen LogP contribution in [0.1, 0.15) is 13.3 Å². The Labute approximate surface area is 67.8 Å². The molecule has 1 heterocycles. The predicted molar refractivity (Wildman–Crippen MR) is 36.1 cm³/mol. The third-order valence-corrected chi connectivity index (χ3v) is 2.24. The van der Waals surface area contributed by atoms with Gasteiger partial charge in [-0.3, -0.25) is 0 Å². The molecule has 10 heavy (non-hydrogen) atoms. The summed E-state index contributed by atoms with van der Waals surface area (Å²) in [7, 11) is 0. The van der Waals surface area contributed by atoms with E-state index in [1.807, 2.05) is 6.92 Å². The molecule has 3 nitrogen and oxygen atoms in total. The number of aliphatic carboxylic acids is 1. The molecule has 0 aromatic heterocycles. The fourth-order valence-electron chi connectivity index (χ4n) is 1.15. The highest BCUT2D eigenvalue weighted by molar-refractivity contribution is 6.14. The molecule has 1 N–H and O–H groups in total. The highest BCUT2D eigenvalue weighted by Crippen LogP contribution is 2.28. The van der Waals surface area contributed by atoms with Crippen molar-refractivity contribution in [1.82, 2.24) is 0 Å². The molecule has 1 rings (SSSR count). The van der Waals surface area contributed by atoms with Crippen molar-refractivity contribution in [3.05, 3.63) is 0 Å². The van der Waals surface area contributed by atoms with Crippen LogP contribution in [0.3, 0.4) is 0 Å². The lowest BCUT2D eigenvalue weighted by Gasteiger charge is -2.08. The number of carboxylic acids is 1. The maximum Gasteiger partial charge on any atom is 0.331 e. The number of rotatable bonds is 1. The van der Waals surface area contributed by atoms with Crippen LogP contribution in [0.5, 0.6) is 0 Å². The fourth-order valence-corrected chi connectivity index (χ4v) is 1.79.